The molecule has 2 heterocycles. The smallest absolute Gasteiger partial charge is 0.315 e. The Labute approximate surface area is 158 Å². The number of hydrogen-bond donors (Lipinski definition) is 2. The summed E-state index contributed by atoms with van der Waals surface area (Å²) < 4.78 is 56.8. The van der Waals surface area contributed by atoms with Crippen LogP contribution in [0.1, 0.15) is 17.4 Å². The molecule has 0 aliphatic carbocycles. The van der Waals surface area contributed by atoms with E-state index in [0.29, 0.717) is 11.1 Å². The van der Waals surface area contributed by atoms with E-state index in [1.165, 1.54) is 18.3 Å². The monoisotopic (exact) mass is 398 g/mol. The summed E-state index contributed by atoms with van der Waals surface area (Å²) in [5.74, 6) is -1.65. The number of carbonyl (C=O) groups is 1. The van der Waals surface area contributed by atoms with Gasteiger partial charge < -0.3 is 15.2 Å². The van der Waals surface area contributed by atoms with Crippen molar-refractivity contribution in [1.29, 1.82) is 0 Å². The molecule has 2 atom stereocenters. The van der Waals surface area contributed by atoms with Crippen LogP contribution >= 0.6 is 0 Å². The number of carbonyl (C=O) groups excluding carboxylic acids is 1. The van der Waals surface area contributed by atoms with Crippen molar-refractivity contribution in [3.63, 3.8) is 0 Å². The summed E-state index contributed by atoms with van der Waals surface area (Å²) in [4.78, 5) is 15.2. The number of pyridine rings is 1. The minimum absolute atomic E-state index is 0.0240. The van der Waals surface area contributed by atoms with Gasteiger partial charge in [0.05, 0.1) is 24.9 Å². The Hall–Kier alpha value is -2.52. The number of aliphatic hydroxyl groups excluding tert-OH is 1. The van der Waals surface area contributed by atoms with Crippen molar-refractivity contribution in [2.45, 2.75) is 24.2 Å². The number of halogens is 4. The Kier molecular flexibility index (Phi) is 5.95. The first-order chi connectivity index (χ1) is 13.3. The van der Waals surface area contributed by atoms with Crippen LogP contribution in [0.5, 0.6) is 0 Å². The molecule has 1 fully saturated rings. The molecule has 1 aliphatic rings. The lowest BCUT2D eigenvalue weighted by Crippen LogP contribution is -2.43. The van der Waals surface area contributed by atoms with Gasteiger partial charge in [-0.1, -0.05) is 30.3 Å². The van der Waals surface area contributed by atoms with Crippen molar-refractivity contribution in [2.75, 3.05) is 19.9 Å². The minimum Gasteiger partial charge on any atom is -0.386 e. The molecule has 5 nitrogen and oxygen atoms in total. The average Bonchev–Trinajstić information content (AvgIpc) is 2.69. The van der Waals surface area contributed by atoms with E-state index in [1.54, 1.807) is 29.6 Å². The van der Waals surface area contributed by atoms with Crippen LogP contribution in [-0.2, 0) is 15.2 Å². The number of rotatable bonds is 7. The Morgan fingerprint density at radius 3 is 2.29 bits per heavy atom. The molecule has 0 unspecified atom stereocenters. The van der Waals surface area contributed by atoms with E-state index in [9.17, 15) is 27.5 Å². The highest BCUT2D eigenvalue weighted by Gasteiger charge is 2.42. The van der Waals surface area contributed by atoms with Gasteiger partial charge in [-0.05, 0) is 17.2 Å². The van der Waals surface area contributed by atoms with E-state index >= 15 is 0 Å². The number of alkyl halides is 4. The molecule has 1 saturated heterocycles. The molecular formula is C19H18F4N2O3. The minimum atomic E-state index is -3.30. The van der Waals surface area contributed by atoms with Gasteiger partial charge in [0, 0.05) is 11.8 Å². The second-order valence-electron chi connectivity index (χ2n) is 6.53. The first-order valence-corrected chi connectivity index (χ1v) is 8.50. The summed E-state index contributed by atoms with van der Waals surface area (Å²) in [5, 5.41) is 11.9. The number of nitrogens with zero attached hydrogens (tertiary/aromatic N) is 1. The van der Waals surface area contributed by atoms with Gasteiger partial charge >= 0.3 is 6.43 Å². The van der Waals surface area contributed by atoms with Crippen LogP contribution in [0, 0.1) is 0 Å². The number of hydrogen-bond acceptors (Lipinski definition) is 4. The zero-order valence-corrected chi connectivity index (χ0v) is 14.6. The standard InChI is InChI=1S/C19H18F4N2O3/c20-7-14(25-18(27)17(21)22)16(26)12-3-1-11(2-4-12)13-5-6-15(24-8-13)19(23)9-28-10-19/h1-6,8,14,16-17,26H,7,9-10H2,(H,25,27)/t14-,16+/m1/s1. The van der Waals surface area contributed by atoms with E-state index in [-0.39, 0.29) is 24.5 Å². The number of ether oxygens (including phenoxy) is 1. The van der Waals surface area contributed by atoms with E-state index in [4.69, 9.17) is 4.74 Å². The molecule has 1 aromatic carbocycles. The number of nitrogens with one attached hydrogen (secondary N) is 1. The molecule has 1 aliphatic heterocycles. The van der Waals surface area contributed by atoms with Crippen molar-refractivity contribution >= 4 is 5.91 Å². The zero-order chi connectivity index (χ0) is 20.3. The van der Waals surface area contributed by atoms with Gasteiger partial charge in [-0.25, -0.2) is 8.78 Å². The van der Waals surface area contributed by atoms with Gasteiger partial charge in [-0.2, -0.15) is 8.78 Å². The molecule has 0 bridgehead atoms. The van der Waals surface area contributed by atoms with Crippen molar-refractivity contribution in [3.8, 4) is 11.1 Å². The van der Waals surface area contributed by atoms with Crippen molar-refractivity contribution in [2.24, 2.45) is 0 Å². The first kappa shape index (κ1) is 20.2. The summed E-state index contributed by atoms with van der Waals surface area (Å²) in [7, 11) is 0. The summed E-state index contributed by atoms with van der Waals surface area (Å²) in [5.41, 5.74) is 0.383. The Balaban J connectivity index is 1.71. The highest BCUT2D eigenvalue weighted by atomic mass is 19.3. The molecule has 0 radical (unpaired) electrons. The van der Waals surface area contributed by atoms with Gasteiger partial charge in [0.2, 0.25) is 0 Å². The number of benzene rings is 1. The Morgan fingerprint density at radius 1 is 1.18 bits per heavy atom. The third kappa shape index (κ3) is 4.15. The largest absolute Gasteiger partial charge is 0.386 e. The topological polar surface area (TPSA) is 71.5 Å². The molecule has 28 heavy (non-hydrogen) atoms. The SMILES string of the molecule is O=C(N[C@H](CF)[C@@H](O)c1ccc(-c2ccc(C3(F)COC3)nc2)cc1)C(F)F. The fraction of sp³-hybridized carbons (Fsp3) is 0.368. The van der Waals surface area contributed by atoms with Crippen molar-refractivity contribution in [3.05, 3.63) is 53.9 Å². The molecule has 9 heteroatoms. The van der Waals surface area contributed by atoms with Gasteiger partial charge in [0.1, 0.15) is 12.8 Å². The number of amides is 1. The Morgan fingerprint density at radius 2 is 1.82 bits per heavy atom. The number of aromatic nitrogens is 1. The van der Waals surface area contributed by atoms with Crippen LogP contribution in [0.25, 0.3) is 11.1 Å². The lowest BCUT2D eigenvalue weighted by Gasteiger charge is -2.32. The fourth-order valence-corrected chi connectivity index (χ4v) is 2.81. The lowest BCUT2D eigenvalue weighted by molar-refractivity contribution is -0.137. The molecule has 1 amide bonds. The van der Waals surface area contributed by atoms with E-state index in [1.807, 2.05) is 0 Å². The highest BCUT2D eigenvalue weighted by molar-refractivity contribution is 5.79. The third-order valence-electron chi connectivity index (χ3n) is 4.54. The predicted octanol–water partition coefficient (Wildman–Crippen LogP) is 2.70. The predicted molar refractivity (Wildman–Crippen MR) is 92.1 cm³/mol. The summed E-state index contributed by atoms with van der Waals surface area (Å²) in [6.45, 7) is -1.25. The van der Waals surface area contributed by atoms with Gasteiger partial charge in [0.15, 0.2) is 5.67 Å². The molecule has 150 valence electrons. The third-order valence-corrected chi connectivity index (χ3v) is 4.54. The normalized spacial score (nSPS) is 17.6. The lowest BCUT2D eigenvalue weighted by atomic mass is 9.97. The van der Waals surface area contributed by atoms with Crippen LogP contribution in [0.3, 0.4) is 0 Å². The average molecular weight is 398 g/mol. The van der Waals surface area contributed by atoms with Crippen LogP contribution in [-0.4, -0.2) is 48.4 Å². The van der Waals surface area contributed by atoms with Gasteiger partial charge in [-0.3, -0.25) is 9.78 Å². The van der Waals surface area contributed by atoms with Crippen molar-refractivity contribution in [1.82, 2.24) is 10.3 Å². The molecule has 2 aromatic rings. The quantitative estimate of drug-likeness (QED) is 0.704. The van der Waals surface area contributed by atoms with Crippen molar-refractivity contribution < 1.29 is 32.2 Å². The van der Waals surface area contributed by atoms with Crippen LogP contribution in [0.4, 0.5) is 17.6 Å². The van der Waals surface area contributed by atoms with Crippen LogP contribution in [0.15, 0.2) is 42.6 Å². The highest BCUT2D eigenvalue weighted by Crippen LogP contribution is 2.33. The van der Waals surface area contributed by atoms with Crippen LogP contribution < -0.4 is 5.32 Å². The maximum Gasteiger partial charge on any atom is 0.315 e. The summed E-state index contributed by atoms with van der Waals surface area (Å²) in [6, 6.07) is 8.00. The fourth-order valence-electron chi connectivity index (χ4n) is 2.81. The first-order valence-electron chi connectivity index (χ1n) is 8.50. The molecule has 1 aromatic heterocycles. The molecular weight excluding hydrogens is 380 g/mol. The zero-order valence-electron chi connectivity index (χ0n) is 14.6. The second kappa shape index (κ2) is 8.24. The summed E-state index contributed by atoms with van der Waals surface area (Å²) >= 11 is 0. The summed E-state index contributed by atoms with van der Waals surface area (Å²) in [6.07, 6.45) is -3.28. The van der Waals surface area contributed by atoms with Crippen LogP contribution in [0.2, 0.25) is 0 Å². The molecule has 0 saturated carbocycles. The molecule has 0 spiro atoms. The van der Waals surface area contributed by atoms with E-state index in [0.717, 1.165) is 0 Å². The maximum atomic E-state index is 14.2. The maximum absolute atomic E-state index is 14.2. The van der Waals surface area contributed by atoms with E-state index < -0.39 is 36.8 Å². The van der Waals surface area contributed by atoms with Gasteiger partial charge in [-0.15, -0.1) is 0 Å². The molecule has 3 rings (SSSR count). The van der Waals surface area contributed by atoms with Gasteiger partial charge in [0.25, 0.3) is 5.91 Å². The Bertz CT molecular complexity index is 811. The second-order valence-corrected chi connectivity index (χ2v) is 6.53. The molecule has 2 N–H and O–H groups in total. The van der Waals surface area contributed by atoms with E-state index in [2.05, 4.69) is 4.98 Å². The number of aliphatic hydroxyl groups is 1.